The van der Waals surface area contributed by atoms with Crippen molar-refractivity contribution >= 4 is 5.97 Å². The van der Waals surface area contributed by atoms with Crippen LogP contribution in [0.15, 0.2) is 24.3 Å². The molecule has 1 rings (SSSR count). The van der Waals surface area contributed by atoms with Crippen molar-refractivity contribution in [2.45, 2.75) is 25.8 Å². The first-order valence-electron chi connectivity index (χ1n) is 5.77. The number of nitrogens with one attached hydrogen (secondary N) is 1. The highest BCUT2D eigenvalue weighted by Gasteiger charge is 2.12. The van der Waals surface area contributed by atoms with Gasteiger partial charge in [-0.25, -0.2) is 0 Å². The normalized spacial score (nSPS) is 12.1. The Morgan fingerprint density at radius 3 is 2.76 bits per heavy atom. The third-order valence-corrected chi connectivity index (χ3v) is 2.67. The summed E-state index contributed by atoms with van der Waals surface area (Å²) in [6.07, 6.45) is 1.18. The summed E-state index contributed by atoms with van der Waals surface area (Å²) in [5, 5.41) is 13.0. The summed E-state index contributed by atoms with van der Waals surface area (Å²) in [5.74, 6) is 0.0505. The van der Waals surface area contributed by atoms with Gasteiger partial charge in [-0.3, -0.25) is 4.79 Å². The van der Waals surface area contributed by atoms with Crippen LogP contribution in [0.4, 0.5) is 0 Å². The summed E-state index contributed by atoms with van der Waals surface area (Å²) >= 11 is 0. The average molecular weight is 237 g/mol. The molecule has 0 radical (unpaired) electrons. The number of methoxy groups -OCH3 is 1. The van der Waals surface area contributed by atoms with E-state index in [1.807, 2.05) is 19.1 Å². The number of carbonyl (C=O) groups is 1. The maximum Gasteiger partial charge on any atom is 0.306 e. The van der Waals surface area contributed by atoms with Gasteiger partial charge in [0, 0.05) is 18.2 Å². The Balaban J connectivity index is 2.55. The van der Waals surface area contributed by atoms with Crippen molar-refractivity contribution in [3.8, 4) is 5.75 Å². The van der Waals surface area contributed by atoms with E-state index < -0.39 is 0 Å². The summed E-state index contributed by atoms with van der Waals surface area (Å²) in [4.78, 5) is 11.0. The van der Waals surface area contributed by atoms with Crippen molar-refractivity contribution in [1.82, 2.24) is 5.32 Å². The maximum absolute atomic E-state index is 11.0. The molecule has 2 N–H and O–H groups in total. The number of phenolic OH excluding ortho intramolecular Hbond substituents is 1. The molecule has 0 aliphatic rings. The number of para-hydroxylation sites is 1. The number of rotatable bonds is 6. The first-order chi connectivity index (χ1) is 8.19. The maximum atomic E-state index is 11.0. The van der Waals surface area contributed by atoms with Crippen LogP contribution in [0.1, 0.15) is 31.4 Å². The van der Waals surface area contributed by atoms with Crippen LogP contribution in [0.5, 0.6) is 5.75 Å². The molecule has 17 heavy (non-hydrogen) atoms. The van der Waals surface area contributed by atoms with Crippen molar-refractivity contribution in [3.05, 3.63) is 29.8 Å². The van der Waals surface area contributed by atoms with E-state index in [-0.39, 0.29) is 17.8 Å². The minimum absolute atomic E-state index is 0.0563. The molecule has 4 heteroatoms. The molecule has 4 nitrogen and oxygen atoms in total. The minimum Gasteiger partial charge on any atom is -0.508 e. The van der Waals surface area contributed by atoms with Crippen LogP contribution in [0.25, 0.3) is 0 Å². The number of benzene rings is 1. The molecule has 0 spiro atoms. The molecule has 0 amide bonds. The Hall–Kier alpha value is -1.55. The van der Waals surface area contributed by atoms with Gasteiger partial charge in [0.2, 0.25) is 0 Å². The van der Waals surface area contributed by atoms with Gasteiger partial charge >= 0.3 is 5.97 Å². The van der Waals surface area contributed by atoms with Gasteiger partial charge in [-0.15, -0.1) is 0 Å². The summed E-state index contributed by atoms with van der Waals surface area (Å²) in [6.45, 7) is 2.57. The van der Waals surface area contributed by atoms with E-state index in [4.69, 9.17) is 0 Å². The van der Waals surface area contributed by atoms with E-state index in [0.717, 1.165) is 12.0 Å². The van der Waals surface area contributed by atoms with Crippen molar-refractivity contribution in [1.29, 1.82) is 0 Å². The predicted octanol–water partition coefficient (Wildman–Crippen LogP) is 2.00. The molecule has 1 aromatic carbocycles. The summed E-state index contributed by atoms with van der Waals surface area (Å²) in [5.41, 5.74) is 0.861. The second-order valence-corrected chi connectivity index (χ2v) is 3.80. The molecule has 1 unspecified atom stereocenters. The number of aromatic hydroxyl groups is 1. The lowest BCUT2D eigenvalue weighted by atomic mass is 10.0. The van der Waals surface area contributed by atoms with Crippen LogP contribution in [-0.2, 0) is 9.53 Å². The van der Waals surface area contributed by atoms with Crippen LogP contribution in [0.2, 0.25) is 0 Å². The quantitative estimate of drug-likeness (QED) is 0.743. The Morgan fingerprint density at radius 2 is 2.18 bits per heavy atom. The van der Waals surface area contributed by atoms with Gasteiger partial charge in [0.15, 0.2) is 0 Å². The SMILES string of the molecule is CCC(NCCC(=O)OC)c1ccccc1O. The van der Waals surface area contributed by atoms with Gasteiger partial charge in [0.1, 0.15) is 5.75 Å². The summed E-state index contributed by atoms with van der Waals surface area (Å²) in [7, 11) is 1.38. The molecule has 94 valence electrons. The van der Waals surface area contributed by atoms with Crippen LogP contribution < -0.4 is 5.32 Å². The molecule has 0 saturated heterocycles. The van der Waals surface area contributed by atoms with E-state index >= 15 is 0 Å². The fourth-order valence-corrected chi connectivity index (χ4v) is 1.71. The lowest BCUT2D eigenvalue weighted by Gasteiger charge is -2.18. The van der Waals surface area contributed by atoms with Crippen molar-refractivity contribution < 1.29 is 14.6 Å². The molecular weight excluding hydrogens is 218 g/mol. The first kappa shape index (κ1) is 13.5. The Bertz CT molecular complexity index is 365. The fraction of sp³-hybridized carbons (Fsp3) is 0.462. The van der Waals surface area contributed by atoms with Crippen LogP contribution in [0, 0.1) is 0 Å². The summed E-state index contributed by atoms with van der Waals surface area (Å²) in [6, 6.07) is 7.29. The second-order valence-electron chi connectivity index (χ2n) is 3.80. The number of esters is 1. The molecular formula is C13H19NO3. The van der Waals surface area contributed by atoms with E-state index in [2.05, 4.69) is 10.1 Å². The molecule has 0 aromatic heterocycles. The number of phenols is 1. The van der Waals surface area contributed by atoms with Crippen molar-refractivity contribution in [3.63, 3.8) is 0 Å². The van der Waals surface area contributed by atoms with Gasteiger partial charge in [0.05, 0.1) is 13.5 Å². The van der Waals surface area contributed by atoms with E-state index in [9.17, 15) is 9.90 Å². The monoisotopic (exact) mass is 237 g/mol. The molecule has 0 aliphatic heterocycles. The molecule has 1 aromatic rings. The first-order valence-corrected chi connectivity index (χ1v) is 5.77. The smallest absolute Gasteiger partial charge is 0.306 e. The highest BCUT2D eigenvalue weighted by Crippen LogP contribution is 2.25. The zero-order valence-electron chi connectivity index (χ0n) is 10.3. The Morgan fingerprint density at radius 1 is 1.47 bits per heavy atom. The van der Waals surface area contributed by atoms with Gasteiger partial charge < -0.3 is 15.2 Å². The van der Waals surface area contributed by atoms with Gasteiger partial charge in [-0.2, -0.15) is 0 Å². The van der Waals surface area contributed by atoms with Crippen LogP contribution in [0.3, 0.4) is 0 Å². The fourth-order valence-electron chi connectivity index (χ4n) is 1.71. The van der Waals surface area contributed by atoms with Crippen LogP contribution >= 0.6 is 0 Å². The standard InChI is InChI=1S/C13H19NO3/c1-3-11(14-9-8-13(16)17-2)10-6-4-5-7-12(10)15/h4-7,11,14-15H,3,8-9H2,1-2H3. The number of carbonyl (C=O) groups excluding carboxylic acids is 1. The van der Waals surface area contributed by atoms with Crippen LogP contribution in [-0.4, -0.2) is 24.7 Å². The lowest BCUT2D eigenvalue weighted by molar-refractivity contribution is -0.140. The van der Waals surface area contributed by atoms with E-state index in [1.54, 1.807) is 12.1 Å². The zero-order chi connectivity index (χ0) is 12.7. The molecule has 0 heterocycles. The molecule has 0 bridgehead atoms. The number of hydrogen-bond donors (Lipinski definition) is 2. The average Bonchev–Trinajstić information content (AvgIpc) is 2.35. The predicted molar refractivity (Wildman–Crippen MR) is 65.8 cm³/mol. The van der Waals surface area contributed by atoms with Gasteiger partial charge in [-0.1, -0.05) is 25.1 Å². The molecule has 0 fully saturated rings. The Kier molecular flexibility index (Phi) is 5.49. The minimum atomic E-state index is -0.232. The highest BCUT2D eigenvalue weighted by molar-refractivity contribution is 5.69. The number of hydrogen-bond acceptors (Lipinski definition) is 4. The van der Waals surface area contributed by atoms with E-state index in [1.165, 1.54) is 7.11 Å². The highest BCUT2D eigenvalue weighted by atomic mass is 16.5. The molecule has 0 saturated carbocycles. The third kappa shape index (κ3) is 4.07. The molecule has 1 atom stereocenters. The van der Waals surface area contributed by atoms with E-state index in [0.29, 0.717) is 13.0 Å². The largest absolute Gasteiger partial charge is 0.508 e. The van der Waals surface area contributed by atoms with Gasteiger partial charge in [0.25, 0.3) is 0 Å². The van der Waals surface area contributed by atoms with Crippen molar-refractivity contribution in [2.75, 3.05) is 13.7 Å². The topological polar surface area (TPSA) is 58.6 Å². The third-order valence-electron chi connectivity index (χ3n) is 2.67. The van der Waals surface area contributed by atoms with Crippen molar-refractivity contribution in [2.24, 2.45) is 0 Å². The molecule has 0 aliphatic carbocycles. The Labute approximate surface area is 102 Å². The summed E-state index contributed by atoms with van der Waals surface area (Å²) < 4.78 is 4.57. The second kappa shape index (κ2) is 6.91. The lowest BCUT2D eigenvalue weighted by Crippen LogP contribution is -2.24. The number of ether oxygens (including phenoxy) is 1. The van der Waals surface area contributed by atoms with Gasteiger partial charge in [-0.05, 0) is 12.5 Å². The zero-order valence-corrected chi connectivity index (χ0v) is 10.3.